The van der Waals surface area contributed by atoms with Gasteiger partial charge in [0, 0.05) is 6.54 Å². The van der Waals surface area contributed by atoms with E-state index in [0.717, 1.165) is 12.0 Å². The molecule has 1 amide bonds. The fourth-order valence-electron chi connectivity index (χ4n) is 1.73. The van der Waals surface area contributed by atoms with Crippen LogP contribution in [0.4, 0.5) is 0 Å². The summed E-state index contributed by atoms with van der Waals surface area (Å²) >= 11 is 0. The Hall–Kier alpha value is -2.08. The molecule has 20 heavy (non-hydrogen) atoms. The first kappa shape index (κ1) is 16.0. The van der Waals surface area contributed by atoms with Gasteiger partial charge in [-0.15, -0.1) is 0 Å². The molecule has 0 spiro atoms. The molecule has 0 radical (unpaired) electrons. The fraction of sp³-hybridized carbons (Fsp3) is 0.412. The van der Waals surface area contributed by atoms with Gasteiger partial charge in [-0.05, 0) is 29.0 Å². The molecule has 106 valence electrons. The Labute approximate surface area is 121 Å². The molecular weight excluding hydrogens is 248 g/mol. The summed E-state index contributed by atoms with van der Waals surface area (Å²) < 4.78 is 0. The average Bonchev–Trinajstić information content (AvgIpc) is 2.41. The van der Waals surface area contributed by atoms with Crippen molar-refractivity contribution in [3.8, 4) is 6.07 Å². The number of nitrogens with zero attached hydrogens (tertiary/aromatic N) is 1. The minimum Gasteiger partial charge on any atom is -0.351 e. The quantitative estimate of drug-likeness (QED) is 0.673. The van der Waals surface area contributed by atoms with E-state index in [0.29, 0.717) is 6.54 Å². The molecule has 0 bridgehead atoms. The number of benzene rings is 1. The van der Waals surface area contributed by atoms with E-state index in [1.54, 1.807) is 6.08 Å². The number of rotatable bonds is 4. The summed E-state index contributed by atoms with van der Waals surface area (Å²) in [5, 5.41) is 11.8. The summed E-state index contributed by atoms with van der Waals surface area (Å²) in [6.45, 7) is 9.01. The van der Waals surface area contributed by atoms with Gasteiger partial charge in [0.1, 0.15) is 11.6 Å². The molecule has 0 fully saturated rings. The van der Waals surface area contributed by atoms with E-state index >= 15 is 0 Å². The van der Waals surface area contributed by atoms with E-state index in [1.807, 2.05) is 37.3 Å². The van der Waals surface area contributed by atoms with Gasteiger partial charge in [-0.25, -0.2) is 0 Å². The van der Waals surface area contributed by atoms with Crippen LogP contribution < -0.4 is 5.32 Å². The van der Waals surface area contributed by atoms with Crippen LogP contribution in [-0.4, -0.2) is 12.5 Å². The number of hydrogen-bond donors (Lipinski definition) is 1. The minimum absolute atomic E-state index is 0.0960. The maximum absolute atomic E-state index is 11.8. The predicted octanol–water partition coefficient (Wildman–Crippen LogP) is 3.42. The van der Waals surface area contributed by atoms with E-state index in [2.05, 4.69) is 26.1 Å². The molecule has 0 heterocycles. The molecular formula is C17H22N2O. The van der Waals surface area contributed by atoms with Crippen LogP contribution in [-0.2, 0) is 10.2 Å². The first-order valence-electron chi connectivity index (χ1n) is 6.89. The van der Waals surface area contributed by atoms with Crippen LogP contribution in [0, 0.1) is 11.3 Å². The maximum Gasteiger partial charge on any atom is 0.261 e. The summed E-state index contributed by atoms with van der Waals surface area (Å²) in [5.74, 6) is -0.311. The molecule has 3 heteroatoms. The lowest BCUT2D eigenvalue weighted by Gasteiger charge is -2.18. The van der Waals surface area contributed by atoms with Crippen LogP contribution in [0.15, 0.2) is 29.8 Å². The maximum atomic E-state index is 11.8. The first-order valence-corrected chi connectivity index (χ1v) is 6.89. The normalized spacial score (nSPS) is 11.8. The predicted molar refractivity (Wildman–Crippen MR) is 82.0 cm³/mol. The summed E-state index contributed by atoms with van der Waals surface area (Å²) in [7, 11) is 0. The standard InChI is InChI=1S/C17H22N2O/c1-5-10-19-16(20)14(12-18)11-13-6-8-15(9-7-13)17(2,3)4/h6-9,11H,5,10H2,1-4H3,(H,19,20)/b14-11-. The van der Waals surface area contributed by atoms with Crippen LogP contribution in [0.3, 0.4) is 0 Å². The summed E-state index contributed by atoms with van der Waals surface area (Å²) in [4.78, 5) is 11.8. The van der Waals surface area contributed by atoms with Gasteiger partial charge < -0.3 is 5.32 Å². The molecule has 0 aliphatic heterocycles. The zero-order valence-electron chi connectivity index (χ0n) is 12.7. The second-order valence-corrected chi connectivity index (χ2v) is 5.80. The van der Waals surface area contributed by atoms with Gasteiger partial charge in [0.25, 0.3) is 5.91 Å². The van der Waals surface area contributed by atoms with Crippen molar-refractivity contribution in [2.75, 3.05) is 6.54 Å². The van der Waals surface area contributed by atoms with Crippen LogP contribution >= 0.6 is 0 Å². The Morgan fingerprint density at radius 1 is 1.30 bits per heavy atom. The fourth-order valence-corrected chi connectivity index (χ4v) is 1.73. The van der Waals surface area contributed by atoms with Crippen molar-refractivity contribution < 1.29 is 4.79 Å². The summed E-state index contributed by atoms with van der Waals surface area (Å²) in [5.41, 5.74) is 2.32. The second kappa shape index (κ2) is 6.91. The molecule has 0 saturated carbocycles. The number of amides is 1. The Balaban J connectivity index is 2.92. The van der Waals surface area contributed by atoms with Crippen LogP contribution in [0.2, 0.25) is 0 Å². The molecule has 0 aliphatic carbocycles. The van der Waals surface area contributed by atoms with Crippen molar-refractivity contribution in [2.24, 2.45) is 0 Å². The zero-order chi connectivity index (χ0) is 15.2. The number of carbonyl (C=O) groups excluding carboxylic acids is 1. The molecule has 1 aromatic carbocycles. The van der Waals surface area contributed by atoms with Crippen LogP contribution in [0.5, 0.6) is 0 Å². The Morgan fingerprint density at radius 3 is 2.35 bits per heavy atom. The lowest BCUT2D eigenvalue weighted by Crippen LogP contribution is -2.25. The topological polar surface area (TPSA) is 52.9 Å². The second-order valence-electron chi connectivity index (χ2n) is 5.80. The SMILES string of the molecule is CCCNC(=O)/C(C#N)=C\c1ccc(C(C)(C)C)cc1. The van der Waals surface area contributed by atoms with Crippen LogP contribution in [0.1, 0.15) is 45.2 Å². The lowest BCUT2D eigenvalue weighted by molar-refractivity contribution is -0.117. The third kappa shape index (κ3) is 4.55. The van der Waals surface area contributed by atoms with E-state index in [1.165, 1.54) is 5.56 Å². The van der Waals surface area contributed by atoms with Gasteiger partial charge in [0.15, 0.2) is 0 Å². The minimum atomic E-state index is -0.311. The number of hydrogen-bond acceptors (Lipinski definition) is 2. The summed E-state index contributed by atoms with van der Waals surface area (Å²) in [6.07, 6.45) is 2.47. The Morgan fingerprint density at radius 2 is 1.90 bits per heavy atom. The third-order valence-electron chi connectivity index (χ3n) is 2.99. The molecule has 3 nitrogen and oxygen atoms in total. The molecule has 1 rings (SSSR count). The molecule has 0 saturated heterocycles. The number of carbonyl (C=O) groups is 1. The number of nitrogens with one attached hydrogen (secondary N) is 1. The van der Waals surface area contributed by atoms with Crippen molar-refractivity contribution in [3.05, 3.63) is 41.0 Å². The highest BCUT2D eigenvalue weighted by molar-refractivity contribution is 6.01. The molecule has 0 atom stereocenters. The molecule has 1 N–H and O–H groups in total. The zero-order valence-corrected chi connectivity index (χ0v) is 12.7. The smallest absolute Gasteiger partial charge is 0.261 e. The van der Waals surface area contributed by atoms with E-state index in [9.17, 15) is 4.79 Å². The Bertz CT molecular complexity index is 528. The van der Waals surface area contributed by atoms with Crippen LogP contribution in [0.25, 0.3) is 6.08 Å². The average molecular weight is 270 g/mol. The highest BCUT2D eigenvalue weighted by atomic mass is 16.1. The third-order valence-corrected chi connectivity index (χ3v) is 2.99. The van der Waals surface area contributed by atoms with Crippen molar-refractivity contribution in [2.45, 2.75) is 39.5 Å². The highest BCUT2D eigenvalue weighted by Crippen LogP contribution is 2.22. The van der Waals surface area contributed by atoms with Crippen molar-refractivity contribution in [1.29, 1.82) is 5.26 Å². The summed E-state index contributed by atoms with van der Waals surface area (Å²) in [6, 6.07) is 9.89. The van der Waals surface area contributed by atoms with Gasteiger partial charge in [0.05, 0.1) is 0 Å². The molecule has 0 aromatic heterocycles. The molecule has 1 aromatic rings. The largest absolute Gasteiger partial charge is 0.351 e. The van der Waals surface area contributed by atoms with E-state index in [-0.39, 0.29) is 16.9 Å². The van der Waals surface area contributed by atoms with Gasteiger partial charge in [-0.3, -0.25) is 4.79 Å². The van der Waals surface area contributed by atoms with E-state index < -0.39 is 0 Å². The number of nitriles is 1. The first-order chi connectivity index (χ1) is 9.38. The molecule has 0 unspecified atom stereocenters. The lowest BCUT2D eigenvalue weighted by atomic mass is 9.86. The van der Waals surface area contributed by atoms with Gasteiger partial charge >= 0.3 is 0 Å². The molecule has 0 aliphatic rings. The van der Waals surface area contributed by atoms with Gasteiger partial charge in [-0.1, -0.05) is 52.0 Å². The van der Waals surface area contributed by atoms with Crippen molar-refractivity contribution >= 4 is 12.0 Å². The Kier molecular flexibility index (Phi) is 5.52. The van der Waals surface area contributed by atoms with Crippen molar-refractivity contribution in [3.63, 3.8) is 0 Å². The monoisotopic (exact) mass is 270 g/mol. The van der Waals surface area contributed by atoms with Crippen molar-refractivity contribution in [1.82, 2.24) is 5.32 Å². The highest BCUT2D eigenvalue weighted by Gasteiger charge is 2.13. The van der Waals surface area contributed by atoms with Gasteiger partial charge in [0.2, 0.25) is 0 Å². The van der Waals surface area contributed by atoms with E-state index in [4.69, 9.17) is 5.26 Å². The van der Waals surface area contributed by atoms with Gasteiger partial charge in [-0.2, -0.15) is 5.26 Å².